The Hall–Kier alpha value is -1.64. The topological polar surface area (TPSA) is 15.3 Å². The van der Waals surface area contributed by atoms with Crippen LogP contribution in [0.4, 0.5) is 0 Å². The van der Waals surface area contributed by atoms with E-state index in [1.807, 2.05) is 7.05 Å². The summed E-state index contributed by atoms with van der Waals surface area (Å²) in [7, 11) is 4.20. The van der Waals surface area contributed by atoms with Gasteiger partial charge >= 0.3 is 0 Å². The summed E-state index contributed by atoms with van der Waals surface area (Å²) in [6.45, 7) is 4.38. The Morgan fingerprint density at radius 2 is 1.86 bits per heavy atom. The molecule has 2 nitrogen and oxygen atoms in total. The van der Waals surface area contributed by atoms with Gasteiger partial charge in [-0.05, 0) is 55.3 Å². The molecule has 0 fully saturated rings. The van der Waals surface area contributed by atoms with Crippen molar-refractivity contribution < 1.29 is 0 Å². The van der Waals surface area contributed by atoms with Gasteiger partial charge in [0.15, 0.2) is 0 Å². The molecular formula is C19H24N2. The summed E-state index contributed by atoms with van der Waals surface area (Å²) in [5.74, 6) is 0. The Balaban J connectivity index is 1.83. The molecule has 1 aliphatic rings. The highest BCUT2D eigenvalue weighted by Gasteiger charge is 2.19. The average molecular weight is 280 g/mol. The third kappa shape index (κ3) is 2.74. The molecule has 0 bridgehead atoms. The lowest BCUT2D eigenvalue weighted by atomic mass is 9.99. The van der Waals surface area contributed by atoms with Crippen LogP contribution in [0.25, 0.3) is 11.1 Å². The third-order valence-corrected chi connectivity index (χ3v) is 4.68. The minimum absolute atomic E-state index is 0.451. The Kier molecular flexibility index (Phi) is 4.09. The van der Waals surface area contributed by atoms with Crippen molar-refractivity contribution in [2.75, 3.05) is 27.2 Å². The van der Waals surface area contributed by atoms with Crippen LogP contribution in [0.15, 0.2) is 42.5 Å². The lowest BCUT2D eigenvalue weighted by molar-refractivity contribution is 0.263. The van der Waals surface area contributed by atoms with Crippen LogP contribution in [-0.2, 0) is 6.42 Å². The van der Waals surface area contributed by atoms with Crippen molar-refractivity contribution in [2.24, 2.45) is 0 Å². The van der Waals surface area contributed by atoms with E-state index >= 15 is 0 Å². The van der Waals surface area contributed by atoms with Gasteiger partial charge in [-0.25, -0.2) is 0 Å². The highest BCUT2D eigenvalue weighted by Crippen LogP contribution is 2.37. The van der Waals surface area contributed by atoms with E-state index in [4.69, 9.17) is 0 Å². The summed E-state index contributed by atoms with van der Waals surface area (Å²) in [5.41, 5.74) is 7.18. The second-order valence-electron chi connectivity index (χ2n) is 6.01. The van der Waals surface area contributed by atoms with E-state index in [2.05, 4.69) is 66.7 Å². The first-order chi connectivity index (χ1) is 10.2. The van der Waals surface area contributed by atoms with Crippen LogP contribution in [0.5, 0.6) is 0 Å². The molecule has 2 aromatic carbocycles. The smallest absolute Gasteiger partial charge is 0.0317 e. The van der Waals surface area contributed by atoms with Crippen LogP contribution in [0.2, 0.25) is 0 Å². The first kappa shape index (κ1) is 14.3. The highest BCUT2D eigenvalue weighted by molar-refractivity contribution is 5.76. The fraction of sp³-hybridized carbons (Fsp3) is 0.368. The van der Waals surface area contributed by atoms with Gasteiger partial charge in [-0.2, -0.15) is 0 Å². The second kappa shape index (κ2) is 6.00. The zero-order chi connectivity index (χ0) is 14.8. The van der Waals surface area contributed by atoms with Gasteiger partial charge in [0.1, 0.15) is 0 Å². The van der Waals surface area contributed by atoms with Crippen LogP contribution >= 0.6 is 0 Å². The zero-order valence-electron chi connectivity index (χ0n) is 13.2. The van der Waals surface area contributed by atoms with Crippen LogP contribution in [0.1, 0.15) is 29.7 Å². The number of hydrogen-bond acceptors (Lipinski definition) is 2. The average Bonchev–Trinajstić information content (AvgIpc) is 2.89. The van der Waals surface area contributed by atoms with Crippen LogP contribution in [0.3, 0.4) is 0 Å². The van der Waals surface area contributed by atoms with Gasteiger partial charge in [0.2, 0.25) is 0 Å². The monoisotopic (exact) mass is 280 g/mol. The Bertz CT molecular complexity index is 633. The summed E-state index contributed by atoms with van der Waals surface area (Å²) in [4.78, 5) is 2.40. The van der Waals surface area contributed by atoms with Crippen LogP contribution < -0.4 is 5.32 Å². The van der Waals surface area contributed by atoms with E-state index in [0.29, 0.717) is 6.04 Å². The molecule has 110 valence electrons. The fourth-order valence-corrected chi connectivity index (χ4v) is 3.16. The molecule has 0 amide bonds. The van der Waals surface area contributed by atoms with Crippen molar-refractivity contribution in [2.45, 2.75) is 19.4 Å². The Morgan fingerprint density at radius 3 is 2.67 bits per heavy atom. The predicted octanol–water partition coefficient (Wildman–Crippen LogP) is 3.47. The Morgan fingerprint density at radius 1 is 1.10 bits per heavy atom. The number of rotatable bonds is 5. The van der Waals surface area contributed by atoms with Gasteiger partial charge in [0.05, 0.1) is 0 Å². The molecule has 21 heavy (non-hydrogen) atoms. The van der Waals surface area contributed by atoms with E-state index in [9.17, 15) is 0 Å². The van der Waals surface area contributed by atoms with Gasteiger partial charge < -0.3 is 5.32 Å². The van der Waals surface area contributed by atoms with Crippen molar-refractivity contribution in [3.8, 4) is 11.1 Å². The minimum Gasteiger partial charge on any atom is -0.318 e. The normalized spacial score (nSPS) is 14.1. The van der Waals surface area contributed by atoms with Gasteiger partial charge in [-0.15, -0.1) is 0 Å². The summed E-state index contributed by atoms with van der Waals surface area (Å²) in [6.07, 6.45) is 1.08. The van der Waals surface area contributed by atoms with E-state index < -0.39 is 0 Å². The number of benzene rings is 2. The molecule has 3 rings (SSSR count). The van der Waals surface area contributed by atoms with Crippen molar-refractivity contribution >= 4 is 0 Å². The zero-order valence-corrected chi connectivity index (χ0v) is 13.2. The molecule has 1 aliphatic carbocycles. The Labute approximate surface area is 127 Å². The van der Waals surface area contributed by atoms with Crippen LogP contribution in [-0.4, -0.2) is 32.1 Å². The molecule has 2 aromatic rings. The summed E-state index contributed by atoms with van der Waals surface area (Å²) in [6, 6.07) is 16.2. The fourth-order valence-electron chi connectivity index (χ4n) is 3.16. The first-order valence-corrected chi connectivity index (χ1v) is 7.76. The van der Waals surface area contributed by atoms with Gasteiger partial charge in [-0.3, -0.25) is 4.90 Å². The number of nitrogens with zero attached hydrogens (tertiary/aromatic N) is 1. The molecule has 1 atom stereocenters. The van der Waals surface area contributed by atoms with Crippen molar-refractivity contribution in [1.29, 1.82) is 0 Å². The summed E-state index contributed by atoms with van der Waals surface area (Å²) < 4.78 is 0. The molecule has 0 saturated heterocycles. The molecule has 1 N–H and O–H groups in total. The van der Waals surface area contributed by atoms with Crippen molar-refractivity contribution in [3.63, 3.8) is 0 Å². The molecular weight excluding hydrogens is 256 g/mol. The number of likely N-dealkylation sites (N-methyl/N-ethyl adjacent to an activating group) is 2. The maximum Gasteiger partial charge on any atom is 0.0317 e. The second-order valence-corrected chi connectivity index (χ2v) is 6.01. The van der Waals surface area contributed by atoms with Gasteiger partial charge in [0, 0.05) is 19.1 Å². The lowest BCUT2D eigenvalue weighted by Crippen LogP contribution is -2.29. The van der Waals surface area contributed by atoms with E-state index in [1.165, 1.54) is 27.8 Å². The number of fused-ring (bicyclic) bond motifs is 3. The molecule has 2 heteroatoms. The summed E-state index contributed by atoms with van der Waals surface area (Å²) >= 11 is 0. The molecule has 0 spiro atoms. The van der Waals surface area contributed by atoms with E-state index in [1.54, 1.807) is 0 Å². The third-order valence-electron chi connectivity index (χ3n) is 4.68. The minimum atomic E-state index is 0.451. The van der Waals surface area contributed by atoms with Crippen LogP contribution in [0, 0.1) is 0 Å². The van der Waals surface area contributed by atoms with Gasteiger partial charge in [-0.1, -0.05) is 42.5 Å². The van der Waals surface area contributed by atoms with E-state index in [0.717, 1.165) is 19.5 Å². The van der Waals surface area contributed by atoms with Crippen molar-refractivity contribution in [1.82, 2.24) is 10.2 Å². The molecule has 0 heterocycles. The largest absolute Gasteiger partial charge is 0.318 e. The molecule has 0 aliphatic heterocycles. The highest BCUT2D eigenvalue weighted by atomic mass is 15.1. The maximum absolute atomic E-state index is 3.22. The SMILES string of the molecule is CNCCN(C)C(C)c1ccc2c(c1)Cc1ccccc1-2. The molecule has 0 radical (unpaired) electrons. The van der Waals surface area contributed by atoms with Crippen molar-refractivity contribution in [3.05, 3.63) is 59.2 Å². The predicted molar refractivity (Wildman–Crippen MR) is 89.7 cm³/mol. The summed E-state index contributed by atoms with van der Waals surface area (Å²) in [5, 5.41) is 3.22. The number of hydrogen-bond donors (Lipinski definition) is 1. The maximum atomic E-state index is 3.22. The lowest BCUT2D eigenvalue weighted by Gasteiger charge is -2.25. The number of nitrogens with one attached hydrogen (secondary N) is 1. The van der Waals surface area contributed by atoms with Gasteiger partial charge in [0.25, 0.3) is 0 Å². The van der Waals surface area contributed by atoms with E-state index in [-0.39, 0.29) is 0 Å². The molecule has 0 saturated carbocycles. The quantitative estimate of drug-likeness (QED) is 0.770. The standard InChI is InChI=1S/C19H24N2/c1-14(21(3)11-10-20-2)15-8-9-19-17(12-15)13-16-6-4-5-7-18(16)19/h4-9,12,14,20H,10-11,13H2,1-3H3. The molecule has 0 aromatic heterocycles. The first-order valence-electron chi connectivity index (χ1n) is 7.76. The molecule has 1 unspecified atom stereocenters.